The fraction of sp³-hybridized carbons (Fsp3) is 0.412. The van der Waals surface area contributed by atoms with E-state index in [9.17, 15) is 35.5 Å². The molecule has 1 aliphatic carbocycles. The first-order valence-corrected chi connectivity index (χ1v) is 9.82. The van der Waals surface area contributed by atoms with Crippen molar-refractivity contribution in [2.24, 2.45) is 0 Å². The van der Waals surface area contributed by atoms with E-state index in [1.807, 2.05) is 22.6 Å². The molecule has 30 heavy (non-hydrogen) atoms. The summed E-state index contributed by atoms with van der Waals surface area (Å²) in [7, 11) is 0. The smallest absolute Gasteiger partial charge is 0.323 e. The molecule has 2 aromatic rings. The first-order valence-electron chi connectivity index (χ1n) is 8.37. The lowest BCUT2D eigenvalue weighted by Crippen LogP contribution is -2.51. The Kier molecular flexibility index (Phi) is 5.80. The van der Waals surface area contributed by atoms with Crippen LogP contribution in [0.4, 0.5) is 36.4 Å². The molecule has 164 valence electrons. The molecule has 3 rings (SSSR count). The quantitative estimate of drug-likeness (QED) is 0.366. The van der Waals surface area contributed by atoms with Crippen LogP contribution in [0.15, 0.2) is 30.6 Å². The SMILES string of the molecule is O=C(Nc1ccc(C(F)(C(F)(F)F)C(F)(F)F)cc1Cl)C1(n2cc(I)cn2)CCC1. The van der Waals surface area contributed by atoms with Gasteiger partial charge in [0.25, 0.3) is 5.91 Å². The third-order valence-corrected chi connectivity index (χ3v) is 5.86. The second kappa shape index (κ2) is 7.53. The third kappa shape index (κ3) is 3.65. The zero-order chi connectivity index (χ0) is 22.5. The van der Waals surface area contributed by atoms with Crippen LogP contribution in [0.1, 0.15) is 24.8 Å². The van der Waals surface area contributed by atoms with E-state index in [0.29, 0.717) is 25.0 Å². The molecule has 1 N–H and O–H groups in total. The highest BCUT2D eigenvalue weighted by Crippen LogP contribution is 2.53. The lowest BCUT2D eigenvalue weighted by molar-refractivity contribution is -0.348. The van der Waals surface area contributed by atoms with E-state index < -0.39 is 40.1 Å². The maximum Gasteiger partial charge on any atom is 0.435 e. The number of alkyl halides is 7. The van der Waals surface area contributed by atoms with Gasteiger partial charge in [0.2, 0.25) is 0 Å². The van der Waals surface area contributed by atoms with E-state index in [1.54, 1.807) is 6.20 Å². The molecule has 0 atom stereocenters. The van der Waals surface area contributed by atoms with Gasteiger partial charge < -0.3 is 5.32 Å². The van der Waals surface area contributed by atoms with Crippen LogP contribution in [0.25, 0.3) is 0 Å². The van der Waals surface area contributed by atoms with Gasteiger partial charge >= 0.3 is 18.0 Å². The van der Waals surface area contributed by atoms with Crippen molar-refractivity contribution in [3.8, 4) is 0 Å². The van der Waals surface area contributed by atoms with Crippen molar-refractivity contribution in [2.75, 3.05) is 5.32 Å². The minimum Gasteiger partial charge on any atom is -0.323 e. The molecule has 13 heteroatoms. The van der Waals surface area contributed by atoms with Gasteiger partial charge in [-0.1, -0.05) is 17.7 Å². The Morgan fingerprint density at radius 1 is 1.13 bits per heavy atom. The monoisotopic (exact) mass is 569 g/mol. The first kappa shape index (κ1) is 23.1. The van der Waals surface area contributed by atoms with Crippen molar-refractivity contribution < 1.29 is 35.5 Å². The predicted octanol–water partition coefficient (Wildman–Crippen LogP) is 5.95. The lowest BCUT2D eigenvalue weighted by atomic mass is 9.76. The molecule has 1 fully saturated rings. The fourth-order valence-corrected chi connectivity index (χ4v) is 3.78. The Hall–Kier alpha value is -1.57. The van der Waals surface area contributed by atoms with Crippen molar-refractivity contribution in [3.63, 3.8) is 0 Å². The van der Waals surface area contributed by atoms with Crippen LogP contribution in [0.2, 0.25) is 5.02 Å². The standard InChI is InChI=1S/C17H12ClF7IN3O/c18-11-6-9(15(19,16(20,21)22)17(23,24)25)2-3-12(11)28-13(30)14(4-1-5-14)29-8-10(26)7-27-29/h2-3,6-8H,1,4-5H2,(H,28,30). The molecule has 0 unspecified atom stereocenters. The van der Waals surface area contributed by atoms with Gasteiger partial charge in [-0.25, -0.2) is 4.39 Å². The molecule has 0 bridgehead atoms. The number of amides is 1. The summed E-state index contributed by atoms with van der Waals surface area (Å²) < 4.78 is 93.9. The summed E-state index contributed by atoms with van der Waals surface area (Å²) in [6, 6.07) is 1.22. The molecule has 1 heterocycles. The Morgan fingerprint density at radius 3 is 2.13 bits per heavy atom. The summed E-state index contributed by atoms with van der Waals surface area (Å²) in [6.07, 6.45) is -7.76. The minimum atomic E-state index is -6.26. The highest BCUT2D eigenvalue weighted by Gasteiger charge is 2.73. The van der Waals surface area contributed by atoms with Gasteiger partial charge in [-0.3, -0.25) is 9.48 Å². The van der Waals surface area contributed by atoms with Crippen LogP contribution < -0.4 is 5.32 Å². The van der Waals surface area contributed by atoms with Crippen LogP contribution >= 0.6 is 34.2 Å². The number of hydrogen-bond donors (Lipinski definition) is 1. The number of carbonyl (C=O) groups is 1. The molecule has 1 aromatic carbocycles. The summed E-state index contributed by atoms with van der Waals surface area (Å²) in [4.78, 5) is 12.8. The zero-order valence-corrected chi connectivity index (χ0v) is 17.6. The Balaban J connectivity index is 1.92. The Morgan fingerprint density at radius 2 is 1.73 bits per heavy atom. The van der Waals surface area contributed by atoms with E-state index in [1.165, 1.54) is 10.9 Å². The summed E-state index contributed by atoms with van der Waals surface area (Å²) in [5.74, 6) is -0.582. The second-order valence-corrected chi connectivity index (χ2v) is 8.44. The van der Waals surface area contributed by atoms with Crippen LogP contribution in [-0.4, -0.2) is 28.0 Å². The molecule has 0 saturated heterocycles. The van der Waals surface area contributed by atoms with Crippen LogP contribution in [0, 0.1) is 3.57 Å². The van der Waals surface area contributed by atoms with Crippen LogP contribution in [0.3, 0.4) is 0 Å². The first-order chi connectivity index (χ1) is 13.7. The number of benzene rings is 1. The number of nitrogens with zero attached hydrogens (tertiary/aromatic N) is 2. The van der Waals surface area contributed by atoms with Crippen molar-refractivity contribution >= 4 is 45.8 Å². The maximum atomic E-state index is 14.2. The third-order valence-electron chi connectivity index (χ3n) is 4.99. The van der Waals surface area contributed by atoms with Gasteiger partial charge in [0.1, 0.15) is 5.54 Å². The van der Waals surface area contributed by atoms with Crippen LogP contribution in [-0.2, 0) is 16.0 Å². The molecule has 1 amide bonds. The number of carbonyl (C=O) groups excluding carboxylic acids is 1. The molecule has 1 aromatic heterocycles. The van der Waals surface area contributed by atoms with Crippen LogP contribution in [0.5, 0.6) is 0 Å². The van der Waals surface area contributed by atoms with E-state index in [0.717, 1.165) is 9.99 Å². The average molecular weight is 570 g/mol. The van der Waals surface area contributed by atoms with Crippen molar-refractivity contribution in [2.45, 2.75) is 42.8 Å². The summed E-state index contributed by atoms with van der Waals surface area (Å²) in [5.41, 5.74) is -8.63. The largest absolute Gasteiger partial charge is 0.435 e. The zero-order valence-electron chi connectivity index (χ0n) is 14.7. The van der Waals surface area contributed by atoms with Crippen molar-refractivity contribution in [3.05, 3.63) is 44.7 Å². The number of nitrogens with one attached hydrogen (secondary N) is 1. The van der Waals surface area contributed by atoms with Crippen molar-refractivity contribution in [1.29, 1.82) is 0 Å². The van der Waals surface area contributed by atoms with Gasteiger partial charge in [0.15, 0.2) is 0 Å². The van der Waals surface area contributed by atoms with E-state index in [-0.39, 0.29) is 11.8 Å². The van der Waals surface area contributed by atoms with Gasteiger partial charge in [0.05, 0.1) is 20.5 Å². The minimum absolute atomic E-state index is 0.211. The second-order valence-electron chi connectivity index (χ2n) is 6.79. The number of rotatable bonds is 4. The van der Waals surface area contributed by atoms with E-state index >= 15 is 0 Å². The summed E-state index contributed by atoms with van der Waals surface area (Å²) in [5, 5.41) is 5.84. The van der Waals surface area contributed by atoms with E-state index in [2.05, 4.69) is 10.4 Å². The molecular weight excluding hydrogens is 558 g/mol. The molecule has 4 nitrogen and oxygen atoms in total. The average Bonchev–Trinajstić information content (AvgIpc) is 2.99. The van der Waals surface area contributed by atoms with Gasteiger partial charge in [-0.2, -0.15) is 31.4 Å². The summed E-state index contributed by atoms with van der Waals surface area (Å²) >= 11 is 7.80. The number of aromatic nitrogens is 2. The number of halogens is 9. The normalized spacial score (nSPS) is 16.8. The highest BCUT2D eigenvalue weighted by molar-refractivity contribution is 14.1. The van der Waals surface area contributed by atoms with Crippen molar-refractivity contribution in [1.82, 2.24) is 9.78 Å². The van der Waals surface area contributed by atoms with Gasteiger partial charge in [-0.05, 0) is 54.0 Å². The Labute approximate surface area is 183 Å². The number of anilines is 1. The molecule has 0 radical (unpaired) electrons. The summed E-state index contributed by atoms with van der Waals surface area (Å²) in [6.45, 7) is 0. The molecular formula is C17H12ClF7IN3O. The fourth-order valence-electron chi connectivity index (χ4n) is 3.16. The topological polar surface area (TPSA) is 46.9 Å². The maximum absolute atomic E-state index is 14.2. The highest BCUT2D eigenvalue weighted by atomic mass is 127. The number of hydrogen-bond acceptors (Lipinski definition) is 2. The molecule has 1 aliphatic rings. The molecule has 0 spiro atoms. The lowest BCUT2D eigenvalue weighted by Gasteiger charge is -2.40. The molecule has 1 saturated carbocycles. The van der Waals surface area contributed by atoms with E-state index in [4.69, 9.17) is 11.6 Å². The van der Waals surface area contributed by atoms with Gasteiger partial charge in [0, 0.05) is 11.8 Å². The molecule has 0 aliphatic heterocycles. The predicted molar refractivity (Wildman–Crippen MR) is 102 cm³/mol. The van der Waals surface area contributed by atoms with Gasteiger partial charge in [-0.15, -0.1) is 0 Å². The Bertz CT molecular complexity index is 955.